The molecule has 0 amide bonds. The summed E-state index contributed by atoms with van der Waals surface area (Å²) in [5.41, 5.74) is 12.1. The van der Waals surface area contributed by atoms with E-state index in [2.05, 4.69) is 29.1 Å². The van der Waals surface area contributed by atoms with E-state index in [9.17, 15) is 0 Å². The lowest BCUT2D eigenvalue weighted by atomic mass is 9.88. The molecule has 5 nitrogen and oxygen atoms in total. The van der Waals surface area contributed by atoms with Gasteiger partial charge in [0.15, 0.2) is 0 Å². The number of nitrogen functional groups attached to an aromatic ring is 1. The number of rotatable bonds is 4. The first-order valence-corrected chi connectivity index (χ1v) is 5.76. The van der Waals surface area contributed by atoms with Crippen molar-refractivity contribution < 1.29 is 0 Å². The maximum absolute atomic E-state index is 6.03. The molecule has 0 aromatic carbocycles. The molecule has 0 saturated carbocycles. The van der Waals surface area contributed by atoms with E-state index in [1.54, 1.807) is 6.07 Å². The van der Waals surface area contributed by atoms with Gasteiger partial charge in [0, 0.05) is 22.8 Å². The quantitative estimate of drug-likeness (QED) is 0.741. The summed E-state index contributed by atoms with van der Waals surface area (Å²) in [6.07, 6.45) is 0.803. The van der Waals surface area contributed by atoms with Crippen LogP contribution in [0.1, 0.15) is 39.8 Å². The van der Waals surface area contributed by atoms with E-state index in [0.29, 0.717) is 11.8 Å². The smallest absolute Gasteiger partial charge is 0.225 e. The van der Waals surface area contributed by atoms with Gasteiger partial charge in [-0.25, -0.2) is 4.98 Å². The molecule has 0 spiro atoms. The van der Waals surface area contributed by atoms with Crippen molar-refractivity contribution in [1.82, 2.24) is 9.97 Å². The number of aryl methyl sites for hydroxylation is 1. The fourth-order valence-corrected chi connectivity index (χ4v) is 2.13. The third-order valence-corrected chi connectivity index (χ3v) is 2.22. The second kappa shape index (κ2) is 4.49. The van der Waals surface area contributed by atoms with Gasteiger partial charge in [-0.1, -0.05) is 0 Å². The predicted octanol–water partition coefficient (Wildman–Crippen LogP) is 1.69. The lowest BCUT2D eigenvalue weighted by molar-refractivity contribution is 0.372. The Kier molecular flexibility index (Phi) is 3.62. The molecule has 96 valence electrons. The molecule has 1 heterocycles. The number of nitrogens with one attached hydrogen (secondary N) is 1. The minimum Gasteiger partial charge on any atom is -0.384 e. The van der Waals surface area contributed by atoms with E-state index < -0.39 is 0 Å². The maximum Gasteiger partial charge on any atom is 0.225 e. The fourth-order valence-electron chi connectivity index (χ4n) is 2.13. The van der Waals surface area contributed by atoms with Crippen LogP contribution in [0.3, 0.4) is 0 Å². The molecule has 0 atom stereocenters. The third kappa shape index (κ3) is 4.99. The highest BCUT2D eigenvalue weighted by Crippen LogP contribution is 2.21. The van der Waals surface area contributed by atoms with Gasteiger partial charge in [-0.15, -0.1) is 0 Å². The van der Waals surface area contributed by atoms with Crippen molar-refractivity contribution in [2.24, 2.45) is 5.73 Å². The monoisotopic (exact) mass is 237 g/mol. The molecule has 0 fully saturated rings. The van der Waals surface area contributed by atoms with Crippen LogP contribution in [0.4, 0.5) is 11.8 Å². The molecule has 1 rings (SSSR count). The van der Waals surface area contributed by atoms with Gasteiger partial charge < -0.3 is 16.8 Å². The largest absolute Gasteiger partial charge is 0.384 e. The van der Waals surface area contributed by atoms with Gasteiger partial charge in [-0.05, 0) is 41.0 Å². The van der Waals surface area contributed by atoms with Crippen LogP contribution >= 0.6 is 0 Å². The first kappa shape index (κ1) is 13.7. The zero-order chi connectivity index (χ0) is 13.3. The average molecular weight is 237 g/mol. The Labute approximate surface area is 103 Å². The molecule has 5 N–H and O–H groups in total. The number of hydrogen-bond donors (Lipinski definition) is 3. The molecule has 1 aromatic heterocycles. The first-order valence-electron chi connectivity index (χ1n) is 5.76. The van der Waals surface area contributed by atoms with Gasteiger partial charge in [-0.2, -0.15) is 4.98 Å². The van der Waals surface area contributed by atoms with Crippen molar-refractivity contribution in [3.05, 3.63) is 11.8 Å². The highest BCUT2D eigenvalue weighted by atomic mass is 15.2. The summed E-state index contributed by atoms with van der Waals surface area (Å²) in [5, 5.41) is 3.27. The fraction of sp³-hybridized carbons (Fsp3) is 0.667. The van der Waals surface area contributed by atoms with Crippen molar-refractivity contribution in [2.45, 2.75) is 52.1 Å². The zero-order valence-corrected chi connectivity index (χ0v) is 11.3. The number of nitrogens with zero attached hydrogens (tertiary/aromatic N) is 2. The number of aromatic nitrogens is 2. The van der Waals surface area contributed by atoms with Crippen molar-refractivity contribution in [3.63, 3.8) is 0 Å². The summed E-state index contributed by atoms with van der Waals surface area (Å²) in [5.74, 6) is 1.03. The van der Waals surface area contributed by atoms with Crippen LogP contribution in [0.5, 0.6) is 0 Å². The summed E-state index contributed by atoms with van der Waals surface area (Å²) in [4.78, 5) is 8.47. The van der Waals surface area contributed by atoms with Crippen LogP contribution in [0.25, 0.3) is 0 Å². The maximum atomic E-state index is 6.03. The lowest BCUT2D eigenvalue weighted by Crippen LogP contribution is -2.44. The normalized spacial score (nSPS) is 12.6. The SMILES string of the molecule is Cc1cc(N)nc(NC(C)(C)CC(C)(C)N)n1. The first-order chi connectivity index (χ1) is 7.57. The highest BCUT2D eigenvalue weighted by molar-refractivity contribution is 5.39. The van der Waals surface area contributed by atoms with Crippen LogP contribution in [-0.2, 0) is 0 Å². The van der Waals surface area contributed by atoms with Gasteiger partial charge >= 0.3 is 0 Å². The van der Waals surface area contributed by atoms with Gasteiger partial charge in [0.05, 0.1) is 0 Å². The minimum atomic E-state index is -0.244. The topological polar surface area (TPSA) is 89.8 Å². The summed E-state index contributed by atoms with van der Waals surface area (Å²) in [6.45, 7) is 10.0. The third-order valence-electron chi connectivity index (χ3n) is 2.22. The van der Waals surface area contributed by atoms with Gasteiger partial charge in [0.1, 0.15) is 5.82 Å². The average Bonchev–Trinajstić information content (AvgIpc) is 1.93. The molecular formula is C12H23N5. The van der Waals surface area contributed by atoms with E-state index >= 15 is 0 Å². The Hall–Kier alpha value is -1.36. The zero-order valence-electron chi connectivity index (χ0n) is 11.3. The molecule has 0 bridgehead atoms. The van der Waals surface area contributed by atoms with Crippen LogP contribution in [0, 0.1) is 6.92 Å². The molecule has 0 aliphatic heterocycles. The standard InChI is InChI=1S/C12H23N5/c1-8-6-9(13)16-10(15-8)17-12(4,5)7-11(2,3)14/h6H,7,14H2,1-5H3,(H3,13,15,16,17). The second-order valence-corrected chi connectivity index (χ2v) is 5.93. The van der Waals surface area contributed by atoms with Crippen LogP contribution in [0.15, 0.2) is 6.07 Å². The Bertz CT molecular complexity index is 372. The van der Waals surface area contributed by atoms with E-state index in [1.165, 1.54) is 0 Å². The molecule has 0 aliphatic rings. The molecule has 5 heteroatoms. The van der Waals surface area contributed by atoms with Crippen molar-refractivity contribution >= 4 is 11.8 Å². The van der Waals surface area contributed by atoms with Crippen molar-refractivity contribution in [3.8, 4) is 0 Å². The Morgan fingerprint density at radius 1 is 1.24 bits per heavy atom. The molecule has 1 aromatic rings. The lowest BCUT2D eigenvalue weighted by Gasteiger charge is -2.33. The summed E-state index contributed by atoms with van der Waals surface area (Å²) in [7, 11) is 0. The predicted molar refractivity (Wildman–Crippen MR) is 71.8 cm³/mol. The molecule has 0 aliphatic carbocycles. The second-order valence-electron chi connectivity index (χ2n) is 5.93. The van der Waals surface area contributed by atoms with E-state index in [-0.39, 0.29) is 11.1 Å². The van der Waals surface area contributed by atoms with E-state index in [4.69, 9.17) is 11.5 Å². The van der Waals surface area contributed by atoms with Gasteiger partial charge in [0.2, 0.25) is 5.95 Å². The number of hydrogen-bond acceptors (Lipinski definition) is 5. The summed E-state index contributed by atoms with van der Waals surface area (Å²) >= 11 is 0. The van der Waals surface area contributed by atoms with E-state index in [0.717, 1.165) is 12.1 Å². The Balaban J connectivity index is 2.82. The molecule has 0 radical (unpaired) electrons. The molecule has 0 saturated heterocycles. The Morgan fingerprint density at radius 2 is 1.82 bits per heavy atom. The summed E-state index contributed by atoms with van der Waals surface area (Å²) in [6, 6.07) is 1.74. The minimum absolute atomic E-state index is 0.182. The Morgan fingerprint density at radius 3 is 2.29 bits per heavy atom. The van der Waals surface area contributed by atoms with Gasteiger partial charge in [-0.3, -0.25) is 0 Å². The van der Waals surface area contributed by atoms with Crippen LogP contribution in [0.2, 0.25) is 0 Å². The summed E-state index contributed by atoms with van der Waals surface area (Å²) < 4.78 is 0. The van der Waals surface area contributed by atoms with Crippen molar-refractivity contribution in [2.75, 3.05) is 11.1 Å². The number of anilines is 2. The molecule has 0 unspecified atom stereocenters. The van der Waals surface area contributed by atoms with Gasteiger partial charge in [0.25, 0.3) is 0 Å². The molecule has 17 heavy (non-hydrogen) atoms. The molecular weight excluding hydrogens is 214 g/mol. The van der Waals surface area contributed by atoms with E-state index in [1.807, 2.05) is 20.8 Å². The highest BCUT2D eigenvalue weighted by Gasteiger charge is 2.26. The van der Waals surface area contributed by atoms with Crippen molar-refractivity contribution in [1.29, 1.82) is 0 Å². The number of nitrogens with two attached hydrogens (primary N) is 2. The van der Waals surface area contributed by atoms with Crippen LogP contribution < -0.4 is 16.8 Å². The van der Waals surface area contributed by atoms with Crippen LogP contribution in [-0.4, -0.2) is 21.0 Å².